The van der Waals surface area contributed by atoms with E-state index in [0.717, 1.165) is 29.0 Å². The lowest BCUT2D eigenvalue weighted by Gasteiger charge is -2.27. The van der Waals surface area contributed by atoms with Crippen molar-refractivity contribution in [3.8, 4) is 11.5 Å². The van der Waals surface area contributed by atoms with Crippen molar-refractivity contribution in [2.45, 2.75) is 26.7 Å². The third kappa shape index (κ3) is 4.56. The summed E-state index contributed by atoms with van der Waals surface area (Å²) in [6.07, 6.45) is 4.73. The summed E-state index contributed by atoms with van der Waals surface area (Å²) in [5.41, 5.74) is 3.05. The highest BCUT2D eigenvalue weighted by Gasteiger charge is 2.14. The fraction of sp³-hybridized carbons (Fsp3) is 0.304. The fourth-order valence-corrected chi connectivity index (χ4v) is 4.51. The molecule has 0 amide bonds. The molecule has 1 heterocycles. The molecule has 0 radical (unpaired) electrons. The zero-order chi connectivity index (χ0) is 21.0. The molecule has 6 heteroatoms. The van der Waals surface area contributed by atoms with E-state index in [-0.39, 0.29) is 5.82 Å². The number of aromatic nitrogens is 1. The number of hydrogen-bond acceptors (Lipinski definition) is 4. The zero-order valence-corrected chi connectivity index (χ0v) is 18.2. The van der Waals surface area contributed by atoms with Crippen molar-refractivity contribution in [3.05, 3.63) is 59.5 Å². The SMILES string of the molecule is CCc1ccc(Oc2ccnc3ccc(N(C)P(C)CCC=O)cc23)c(C)c1F. The highest BCUT2D eigenvalue weighted by Crippen LogP contribution is 2.41. The number of pyridine rings is 1. The maximum absolute atomic E-state index is 14.5. The first-order valence-corrected chi connectivity index (χ1v) is 11.6. The second-order valence-electron chi connectivity index (χ2n) is 6.99. The third-order valence-electron chi connectivity index (χ3n) is 5.16. The highest BCUT2D eigenvalue weighted by atomic mass is 31.1. The van der Waals surface area contributed by atoms with E-state index >= 15 is 0 Å². The number of aldehydes is 1. The van der Waals surface area contributed by atoms with Crippen molar-refractivity contribution in [1.82, 2.24) is 4.98 Å². The first-order valence-electron chi connectivity index (χ1n) is 9.69. The molecule has 0 spiro atoms. The number of anilines is 1. The molecule has 0 aliphatic rings. The Morgan fingerprint density at radius 2 is 2.00 bits per heavy atom. The van der Waals surface area contributed by atoms with Gasteiger partial charge >= 0.3 is 0 Å². The molecule has 1 unspecified atom stereocenters. The quantitative estimate of drug-likeness (QED) is 0.332. The van der Waals surface area contributed by atoms with Gasteiger partial charge in [-0.1, -0.05) is 13.0 Å². The first-order chi connectivity index (χ1) is 14.0. The standard InChI is InChI=1S/C23H26FN2O2P/c1-5-17-7-10-21(16(2)23(17)24)28-22-11-12-25-20-9-8-18(15-19(20)22)26(3)29(4)14-6-13-27/h7-13,15H,5-6,14H2,1-4H3. The Labute approximate surface area is 172 Å². The van der Waals surface area contributed by atoms with Gasteiger partial charge in [0.15, 0.2) is 0 Å². The summed E-state index contributed by atoms with van der Waals surface area (Å²) in [6.45, 7) is 5.83. The van der Waals surface area contributed by atoms with Gasteiger partial charge in [0.05, 0.1) is 5.52 Å². The molecule has 1 aromatic heterocycles. The van der Waals surface area contributed by atoms with E-state index in [4.69, 9.17) is 4.74 Å². The first kappa shape index (κ1) is 21.2. The molecule has 3 rings (SSSR count). The second kappa shape index (κ2) is 9.32. The highest BCUT2D eigenvalue weighted by molar-refractivity contribution is 7.58. The number of benzene rings is 2. The van der Waals surface area contributed by atoms with Crippen LogP contribution in [-0.2, 0) is 11.2 Å². The summed E-state index contributed by atoms with van der Waals surface area (Å²) in [4.78, 5) is 15.1. The average molecular weight is 412 g/mol. The van der Waals surface area contributed by atoms with E-state index in [9.17, 15) is 9.18 Å². The Balaban J connectivity index is 1.97. The molecule has 1 atom stereocenters. The molecule has 29 heavy (non-hydrogen) atoms. The Bertz CT molecular complexity index is 1030. The molecule has 0 aliphatic heterocycles. The third-order valence-corrected chi connectivity index (χ3v) is 7.32. The molecule has 0 bridgehead atoms. The number of carbonyl (C=O) groups is 1. The Morgan fingerprint density at radius 3 is 2.72 bits per heavy atom. The van der Waals surface area contributed by atoms with Crippen LogP contribution in [-0.4, -0.2) is 31.1 Å². The minimum atomic E-state index is -0.461. The Kier molecular flexibility index (Phi) is 6.81. The fourth-order valence-electron chi connectivity index (χ4n) is 3.21. The van der Waals surface area contributed by atoms with E-state index in [0.29, 0.717) is 35.5 Å². The van der Waals surface area contributed by atoms with Crippen molar-refractivity contribution in [1.29, 1.82) is 0 Å². The largest absolute Gasteiger partial charge is 0.456 e. The van der Waals surface area contributed by atoms with Crippen LogP contribution in [0.1, 0.15) is 24.5 Å². The molecule has 152 valence electrons. The number of halogens is 1. The van der Waals surface area contributed by atoms with E-state index in [1.165, 1.54) is 0 Å². The minimum absolute atomic E-state index is 0.212. The van der Waals surface area contributed by atoms with Crippen LogP contribution in [0.5, 0.6) is 11.5 Å². The summed E-state index contributed by atoms with van der Waals surface area (Å²) in [5, 5.41) is 0.870. The summed E-state index contributed by atoms with van der Waals surface area (Å²) in [6, 6.07) is 11.4. The number of nitrogens with zero attached hydrogens (tertiary/aromatic N) is 2. The van der Waals surface area contributed by atoms with Crippen LogP contribution < -0.4 is 9.41 Å². The molecule has 0 saturated heterocycles. The van der Waals surface area contributed by atoms with Crippen LogP contribution in [0.4, 0.5) is 10.1 Å². The maximum atomic E-state index is 14.5. The van der Waals surface area contributed by atoms with Crippen molar-refractivity contribution in [2.75, 3.05) is 24.5 Å². The molecule has 0 N–H and O–H groups in total. The Morgan fingerprint density at radius 1 is 1.21 bits per heavy atom. The van der Waals surface area contributed by atoms with Crippen LogP contribution in [0.3, 0.4) is 0 Å². The van der Waals surface area contributed by atoms with Gasteiger partial charge in [0, 0.05) is 36.3 Å². The van der Waals surface area contributed by atoms with Crippen LogP contribution in [0.2, 0.25) is 0 Å². The lowest BCUT2D eigenvalue weighted by Crippen LogP contribution is -2.11. The second-order valence-corrected chi connectivity index (χ2v) is 9.35. The van der Waals surface area contributed by atoms with Crippen LogP contribution >= 0.6 is 8.07 Å². The van der Waals surface area contributed by atoms with Gasteiger partial charge in [-0.05, 0) is 70.1 Å². The molecule has 0 fully saturated rings. The molecule has 4 nitrogen and oxygen atoms in total. The lowest BCUT2D eigenvalue weighted by molar-refractivity contribution is -0.107. The van der Waals surface area contributed by atoms with Gasteiger partial charge in [0.2, 0.25) is 0 Å². The van der Waals surface area contributed by atoms with Crippen molar-refractivity contribution < 1.29 is 13.9 Å². The number of aryl methyl sites for hydroxylation is 1. The van der Waals surface area contributed by atoms with Gasteiger partial charge in [-0.2, -0.15) is 0 Å². The van der Waals surface area contributed by atoms with Crippen molar-refractivity contribution in [3.63, 3.8) is 0 Å². The van der Waals surface area contributed by atoms with E-state index in [1.54, 1.807) is 25.3 Å². The summed E-state index contributed by atoms with van der Waals surface area (Å²) in [7, 11) is 1.58. The molecule has 0 saturated carbocycles. The van der Waals surface area contributed by atoms with Gasteiger partial charge in [-0.25, -0.2) is 4.39 Å². The van der Waals surface area contributed by atoms with E-state index in [1.807, 2.05) is 38.2 Å². The summed E-state index contributed by atoms with van der Waals surface area (Å²) >= 11 is 0. The van der Waals surface area contributed by atoms with Gasteiger partial charge in [0.1, 0.15) is 23.6 Å². The predicted molar refractivity (Wildman–Crippen MR) is 119 cm³/mol. The molecule has 0 aliphatic carbocycles. The van der Waals surface area contributed by atoms with Gasteiger partial charge in [-0.3, -0.25) is 4.98 Å². The average Bonchev–Trinajstić information content (AvgIpc) is 2.74. The number of rotatable bonds is 8. The number of ether oxygens (including phenoxy) is 1. The molecule has 3 aromatic rings. The number of fused-ring (bicyclic) bond motifs is 1. The van der Waals surface area contributed by atoms with Crippen molar-refractivity contribution >= 4 is 30.9 Å². The minimum Gasteiger partial charge on any atom is -0.456 e. The summed E-state index contributed by atoms with van der Waals surface area (Å²) < 4.78 is 22.8. The number of carbonyl (C=O) groups excluding carboxylic acids is 1. The topological polar surface area (TPSA) is 42.4 Å². The van der Waals surface area contributed by atoms with E-state index in [2.05, 4.69) is 16.3 Å². The van der Waals surface area contributed by atoms with Crippen LogP contribution in [0.25, 0.3) is 10.9 Å². The van der Waals surface area contributed by atoms with E-state index < -0.39 is 8.07 Å². The Hall–Kier alpha value is -2.52. The zero-order valence-electron chi connectivity index (χ0n) is 17.3. The van der Waals surface area contributed by atoms with Gasteiger partial charge in [-0.15, -0.1) is 0 Å². The lowest BCUT2D eigenvalue weighted by atomic mass is 10.1. The smallest absolute Gasteiger partial charge is 0.138 e. The monoisotopic (exact) mass is 412 g/mol. The van der Waals surface area contributed by atoms with Crippen LogP contribution in [0, 0.1) is 12.7 Å². The maximum Gasteiger partial charge on any atom is 0.138 e. The molecular formula is C23H26FN2O2P. The predicted octanol–water partition coefficient (Wildman–Crippen LogP) is 6.09. The molecular weight excluding hydrogens is 386 g/mol. The van der Waals surface area contributed by atoms with Crippen LogP contribution in [0.15, 0.2) is 42.6 Å². The number of hydrogen-bond donors (Lipinski definition) is 0. The van der Waals surface area contributed by atoms with Gasteiger partial charge in [0.25, 0.3) is 0 Å². The van der Waals surface area contributed by atoms with Crippen molar-refractivity contribution in [2.24, 2.45) is 0 Å². The van der Waals surface area contributed by atoms with Gasteiger partial charge < -0.3 is 14.2 Å². The molecule has 2 aromatic carbocycles. The summed E-state index contributed by atoms with van der Waals surface area (Å²) in [5.74, 6) is 0.940. The normalized spacial score (nSPS) is 12.0.